The van der Waals surface area contributed by atoms with E-state index in [1.807, 2.05) is 12.1 Å². The van der Waals surface area contributed by atoms with E-state index in [0.717, 1.165) is 18.4 Å². The quantitative estimate of drug-likeness (QED) is 0.157. The summed E-state index contributed by atoms with van der Waals surface area (Å²) >= 11 is 0. The molecule has 29 heavy (non-hydrogen) atoms. The number of carbonyl (C=O) groups excluding carboxylic acids is 1. The van der Waals surface area contributed by atoms with Crippen molar-refractivity contribution in [2.24, 2.45) is 0 Å². The van der Waals surface area contributed by atoms with E-state index in [1.54, 1.807) is 12.1 Å². The van der Waals surface area contributed by atoms with Gasteiger partial charge in [0.1, 0.15) is 5.75 Å². The van der Waals surface area contributed by atoms with Gasteiger partial charge in [-0.3, -0.25) is 4.79 Å². The Kier molecular flexibility index (Phi) is 15.9. The van der Waals surface area contributed by atoms with Crippen LogP contribution in [0.5, 0.6) is 5.75 Å². The van der Waals surface area contributed by atoms with Crippen LogP contribution in [0.2, 0.25) is 0 Å². The van der Waals surface area contributed by atoms with Crippen molar-refractivity contribution >= 4 is 5.97 Å². The summed E-state index contributed by atoms with van der Waals surface area (Å²) in [5.41, 5.74) is 1.07. The molecule has 0 saturated heterocycles. The molecule has 0 fully saturated rings. The van der Waals surface area contributed by atoms with E-state index in [1.165, 1.54) is 70.6 Å². The lowest BCUT2D eigenvalue weighted by atomic mass is 10.1. The summed E-state index contributed by atoms with van der Waals surface area (Å²) < 4.78 is 5.28. The minimum atomic E-state index is -0.0959. The van der Waals surface area contributed by atoms with Gasteiger partial charge in [-0.1, -0.05) is 82.6 Å². The van der Waals surface area contributed by atoms with E-state index in [4.69, 9.17) is 4.74 Å². The molecule has 0 saturated carbocycles. The molecule has 0 aliphatic carbocycles. The molecule has 0 aromatic heterocycles. The zero-order chi connectivity index (χ0) is 21.0. The first kappa shape index (κ1) is 25.3. The molecule has 0 spiro atoms. The maximum Gasteiger partial charge on any atom is 0.305 e. The summed E-state index contributed by atoms with van der Waals surface area (Å²) in [6, 6.07) is 7.02. The first-order valence-electron chi connectivity index (χ1n) is 11.8. The minimum absolute atomic E-state index is 0.0959. The molecule has 0 amide bonds. The third-order valence-electron chi connectivity index (χ3n) is 5.23. The smallest absolute Gasteiger partial charge is 0.305 e. The van der Waals surface area contributed by atoms with Crippen molar-refractivity contribution in [1.29, 1.82) is 0 Å². The SMILES string of the molecule is CCCCCCCCC=CCCCCCCCC(=O)OCCc1ccc(O)cc1. The Morgan fingerprint density at radius 3 is 2.00 bits per heavy atom. The third-order valence-corrected chi connectivity index (χ3v) is 5.23. The maximum atomic E-state index is 11.7. The van der Waals surface area contributed by atoms with Crippen molar-refractivity contribution in [1.82, 2.24) is 0 Å². The Morgan fingerprint density at radius 1 is 0.828 bits per heavy atom. The largest absolute Gasteiger partial charge is 0.508 e. The summed E-state index contributed by atoms with van der Waals surface area (Å²) in [5, 5.41) is 9.24. The lowest BCUT2D eigenvalue weighted by Gasteiger charge is -2.05. The van der Waals surface area contributed by atoms with Crippen LogP contribution in [0.4, 0.5) is 0 Å². The molecule has 0 bridgehead atoms. The molecule has 0 aliphatic rings. The van der Waals surface area contributed by atoms with Gasteiger partial charge in [-0.2, -0.15) is 0 Å². The van der Waals surface area contributed by atoms with Gasteiger partial charge in [-0.25, -0.2) is 0 Å². The van der Waals surface area contributed by atoms with Gasteiger partial charge in [-0.15, -0.1) is 0 Å². The van der Waals surface area contributed by atoms with Crippen LogP contribution in [0, 0.1) is 0 Å². The van der Waals surface area contributed by atoms with Crippen LogP contribution in [0.1, 0.15) is 102 Å². The Labute approximate surface area is 178 Å². The Balaban J connectivity index is 1.83. The number of rotatable bonds is 18. The number of aromatic hydroxyl groups is 1. The van der Waals surface area contributed by atoms with E-state index in [0.29, 0.717) is 19.4 Å². The second-order valence-corrected chi connectivity index (χ2v) is 7.97. The van der Waals surface area contributed by atoms with Gasteiger partial charge in [0.25, 0.3) is 0 Å². The van der Waals surface area contributed by atoms with Crippen molar-refractivity contribution in [3.63, 3.8) is 0 Å². The molecule has 164 valence electrons. The Hall–Kier alpha value is -1.77. The highest BCUT2D eigenvalue weighted by Gasteiger charge is 2.03. The highest BCUT2D eigenvalue weighted by Crippen LogP contribution is 2.12. The number of benzene rings is 1. The minimum Gasteiger partial charge on any atom is -0.508 e. The number of hydrogen-bond donors (Lipinski definition) is 1. The Morgan fingerprint density at radius 2 is 1.38 bits per heavy atom. The molecule has 0 unspecified atom stereocenters. The van der Waals surface area contributed by atoms with Gasteiger partial charge < -0.3 is 9.84 Å². The van der Waals surface area contributed by atoms with E-state index >= 15 is 0 Å². The highest BCUT2D eigenvalue weighted by atomic mass is 16.5. The van der Waals surface area contributed by atoms with Gasteiger partial charge in [0.05, 0.1) is 6.61 Å². The number of esters is 1. The average molecular weight is 403 g/mol. The van der Waals surface area contributed by atoms with Crippen LogP contribution in [-0.4, -0.2) is 17.7 Å². The van der Waals surface area contributed by atoms with Crippen molar-refractivity contribution in [2.75, 3.05) is 6.61 Å². The standard InChI is InChI=1S/C26H42O3/c1-2-3-4-5-6-7-8-9-10-11-12-13-14-15-16-17-26(28)29-23-22-24-18-20-25(27)21-19-24/h9-10,18-21,27H,2-8,11-17,22-23H2,1H3. The summed E-state index contributed by atoms with van der Waals surface area (Å²) in [6.45, 7) is 2.67. The topological polar surface area (TPSA) is 46.5 Å². The van der Waals surface area contributed by atoms with E-state index in [-0.39, 0.29) is 11.7 Å². The number of hydrogen-bond acceptors (Lipinski definition) is 3. The Bertz CT molecular complexity index is 533. The fraction of sp³-hybridized carbons (Fsp3) is 0.654. The summed E-state index contributed by atoms with van der Waals surface area (Å²) in [6.07, 6.45) is 22.3. The van der Waals surface area contributed by atoms with Gasteiger partial charge >= 0.3 is 5.97 Å². The highest BCUT2D eigenvalue weighted by molar-refractivity contribution is 5.69. The fourth-order valence-corrected chi connectivity index (χ4v) is 3.36. The molecular formula is C26H42O3. The monoisotopic (exact) mass is 402 g/mol. The molecule has 1 rings (SSSR count). The molecule has 0 atom stereocenters. The zero-order valence-electron chi connectivity index (χ0n) is 18.5. The molecule has 1 aromatic carbocycles. The molecule has 1 aromatic rings. The number of allylic oxidation sites excluding steroid dienone is 2. The lowest BCUT2D eigenvalue weighted by molar-refractivity contribution is -0.143. The van der Waals surface area contributed by atoms with Crippen LogP contribution in [0.3, 0.4) is 0 Å². The van der Waals surface area contributed by atoms with E-state index < -0.39 is 0 Å². The van der Waals surface area contributed by atoms with Crippen LogP contribution in [-0.2, 0) is 16.0 Å². The fourth-order valence-electron chi connectivity index (χ4n) is 3.36. The van der Waals surface area contributed by atoms with Crippen LogP contribution in [0.25, 0.3) is 0 Å². The number of phenols is 1. The van der Waals surface area contributed by atoms with Gasteiger partial charge in [-0.05, 0) is 49.8 Å². The number of phenolic OH excluding ortho intramolecular Hbond substituents is 1. The molecule has 0 aliphatic heterocycles. The van der Waals surface area contributed by atoms with Gasteiger partial charge in [0, 0.05) is 12.8 Å². The second-order valence-electron chi connectivity index (χ2n) is 7.97. The van der Waals surface area contributed by atoms with Crippen molar-refractivity contribution in [3.05, 3.63) is 42.0 Å². The van der Waals surface area contributed by atoms with E-state index in [9.17, 15) is 9.90 Å². The maximum absolute atomic E-state index is 11.7. The number of unbranched alkanes of at least 4 members (excludes halogenated alkanes) is 11. The predicted molar refractivity (Wildman–Crippen MR) is 122 cm³/mol. The zero-order valence-corrected chi connectivity index (χ0v) is 18.5. The normalized spacial score (nSPS) is 11.2. The molecule has 0 heterocycles. The molecule has 3 nitrogen and oxygen atoms in total. The van der Waals surface area contributed by atoms with Crippen LogP contribution < -0.4 is 0 Å². The lowest BCUT2D eigenvalue weighted by Crippen LogP contribution is -2.07. The van der Waals surface area contributed by atoms with Crippen molar-refractivity contribution in [3.8, 4) is 5.75 Å². The number of carbonyl (C=O) groups is 1. The molecule has 3 heteroatoms. The second kappa shape index (κ2) is 18.3. The molecule has 0 radical (unpaired) electrons. The van der Waals surface area contributed by atoms with Crippen LogP contribution >= 0.6 is 0 Å². The van der Waals surface area contributed by atoms with Crippen molar-refractivity contribution in [2.45, 2.75) is 103 Å². The summed E-state index contributed by atoms with van der Waals surface area (Å²) in [4.78, 5) is 11.7. The van der Waals surface area contributed by atoms with Gasteiger partial charge in [0.2, 0.25) is 0 Å². The summed E-state index contributed by atoms with van der Waals surface area (Å²) in [5.74, 6) is 0.163. The predicted octanol–water partition coefficient (Wildman–Crippen LogP) is 7.52. The van der Waals surface area contributed by atoms with E-state index in [2.05, 4.69) is 19.1 Å². The average Bonchev–Trinajstić information content (AvgIpc) is 2.72. The first-order chi connectivity index (χ1) is 14.2. The summed E-state index contributed by atoms with van der Waals surface area (Å²) in [7, 11) is 0. The number of ether oxygens (including phenoxy) is 1. The van der Waals surface area contributed by atoms with Gasteiger partial charge in [0.15, 0.2) is 0 Å². The third kappa shape index (κ3) is 15.8. The van der Waals surface area contributed by atoms with Crippen molar-refractivity contribution < 1.29 is 14.6 Å². The molecule has 1 N–H and O–H groups in total. The first-order valence-corrected chi connectivity index (χ1v) is 11.8. The molecular weight excluding hydrogens is 360 g/mol. The van der Waals surface area contributed by atoms with Crippen LogP contribution in [0.15, 0.2) is 36.4 Å².